The van der Waals surface area contributed by atoms with Crippen molar-refractivity contribution in [1.29, 1.82) is 0 Å². The van der Waals surface area contributed by atoms with Gasteiger partial charge in [0.1, 0.15) is 0 Å². The molecule has 0 saturated carbocycles. The molecule has 8 nitrogen and oxygen atoms in total. The standard InChI is InChI=1S/C30H42ClN3O5S2.ClH/c1-3-41(38,39)29-10-8-24(9-11-29)22-25-12-18-32(19-13-25)16-5-17-34(28-7-4-6-27(31)23-28)30(35)26-14-20-33(21-15-26)40(2,36)37;/h4,6-11,23,25-26H,3,5,12-22H2,1-2H3;1H. The molecule has 0 spiro atoms. The number of hydrogen-bond acceptors (Lipinski definition) is 6. The van der Waals surface area contributed by atoms with Crippen molar-refractivity contribution in [2.45, 2.75) is 50.3 Å². The zero-order chi connectivity index (χ0) is 29.6. The van der Waals surface area contributed by atoms with Crippen molar-refractivity contribution < 1.29 is 21.6 Å². The predicted octanol–water partition coefficient (Wildman–Crippen LogP) is 4.90. The van der Waals surface area contributed by atoms with Gasteiger partial charge in [0.25, 0.3) is 0 Å². The van der Waals surface area contributed by atoms with Gasteiger partial charge in [-0.05, 0) is 100.0 Å². The summed E-state index contributed by atoms with van der Waals surface area (Å²) in [5.41, 5.74) is 1.96. The van der Waals surface area contributed by atoms with Crippen LogP contribution in [0.3, 0.4) is 0 Å². The van der Waals surface area contributed by atoms with Crippen LogP contribution in [0, 0.1) is 11.8 Å². The third-order valence-corrected chi connectivity index (χ3v) is 11.7. The first-order valence-electron chi connectivity index (χ1n) is 14.5. The molecule has 4 rings (SSSR count). The zero-order valence-corrected chi connectivity index (χ0v) is 27.7. The number of rotatable bonds is 11. The van der Waals surface area contributed by atoms with E-state index < -0.39 is 19.9 Å². The van der Waals surface area contributed by atoms with Gasteiger partial charge in [-0.3, -0.25) is 4.79 Å². The summed E-state index contributed by atoms with van der Waals surface area (Å²) < 4.78 is 49.4. The number of hydrogen-bond donors (Lipinski definition) is 0. The molecule has 2 aliphatic heterocycles. The number of sulfonamides is 1. The Morgan fingerprint density at radius 3 is 2.17 bits per heavy atom. The Balaban J connectivity index is 0.00000484. The topological polar surface area (TPSA) is 95.1 Å². The fraction of sp³-hybridized carbons (Fsp3) is 0.567. The van der Waals surface area contributed by atoms with Crippen LogP contribution >= 0.6 is 24.0 Å². The molecule has 2 heterocycles. The van der Waals surface area contributed by atoms with Crippen LogP contribution in [-0.2, 0) is 31.1 Å². The van der Waals surface area contributed by atoms with Gasteiger partial charge in [0.15, 0.2) is 9.84 Å². The SMILES string of the molecule is CCS(=O)(=O)c1ccc(CC2CCN(CCCN(C(=O)C3CCN(S(C)(=O)=O)CC3)c3cccc(Cl)c3)CC2)cc1.Cl. The van der Waals surface area contributed by atoms with Gasteiger partial charge in [-0.25, -0.2) is 21.1 Å². The molecule has 0 bridgehead atoms. The highest BCUT2D eigenvalue weighted by Gasteiger charge is 2.32. The van der Waals surface area contributed by atoms with Crippen molar-refractivity contribution in [3.05, 3.63) is 59.1 Å². The Morgan fingerprint density at radius 2 is 1.60 bits per heavy atom. The summed E-state index contributed by atoms with van der Waals surface area (Å²) in [7, 11) is -6.42. The van der Waals surface area contributed by atoms with Crippen LogP contribution in [0.15, 0.2) is 53.4 Å². The quantitative estimate of drug-likeness (QED) is 0.340. The van der Waals surface area contributed by atoms with E-state index in [1.807, 2.05) is 35.2 Å². The maximum absolute atomic E-state index is 13.6. The molecule has 2 aromatic rings. The molecule has 0 unspecified atom stereocenters. The maximum atomic E-state index is 13.6. The van der Waals surface area contributed by atoms with Crippen LogP contribution in [0.25, 0.3) is 0 Å². The van der Waals surface area contributed by atoms with Crippen LogP contribution in [0.5, 0.6) is 0 Å². The number of carbonyl (C=O) groups is 1. The second-order valence-electron chi connectivity index (χ2n) is 11.3. The minimum Gasteiger partial charge on any atom is -0.312 e. The van der Waals surface area contributed by atoms with E-state index in [-0.39, 0.29) is 30.0 Å². The minimum absolute atomic E-state index is 0. The molecule has 12 heteroatoms. The third kappa shape index (κ3) is 9.40. The summed E-state index contributed by atoms with van der Waals surface area (Å²) in [5.74, 6) is 0.513. The van der Waals surface area contributed by atoms with E-state index >= 15 is 0 Å². The zero-order valence-electron chi connectivity index (χ0n) is 24.5. The van der Waals surface area contributed by atoms with E-state index in [1.165, 1.54) is 16.1 Å². The smallest absolute Gasteiger partial charge is 0.230 e. The van der Waals surface area contributed by atoms with Crippen LogP contribution in [0.2, 0.25) is 5.02 Å². The lowest BCUT2D eigenvalue weighted by Gasteiger charge is -2.34. The molecule has 234 valence electrons. The summed E-state index contributed by atoms with van der Waals surface area (Å²) in [6, 6.07) is 14.7. The van der Waals surface area contributed by atoms with Gasteiger partial charge in [0, 0.05) is 36.3 Å². The first-order chi connectivity index (χ1) is 19.5. The Morgan fingerprint density at radius 1 is 0.952 bits per heavy atom. The maximum Gasteiger partial charge on any atom is 0.230 e. The highest BCUT2D eigenvalue weighted by atomic mass is 35.5. The Labute approximate surface area is 262 Å². The second kappa shape index (κ2) is 15.3. The number of amides is 1. The first kappa shape index (κ1) is 34.8. The molecular weight excluding hydrogens is 617 g/mol. The fourth-order valence-electron chi connectivity index (χ4n) is 5.86. The van der Waals surface area contributed by atoms with Gasteiger partial charge >= 0.3 is 0 Å². The summed E-state index contributed by atoms with van der Waals surface area (Å²) in [5, 5.41) is 0.580. The van der Waals surface area contributed by atoms with Crippen molar-refractivity contribution in [2.75, 3.05) is 56.2 Å². The average Bonchev–Trinajstić information content (AvgIpc) is 2.96. The molecule has 42 heavy (non-hydrogen) atoms. The molecule has 0 N–H and O–H groups in total. The fourth-order valence-corrected chi connectivity index (χ4v) is 7.81. The third-order valence-electron chi connectivity index (χ3n) is 8.41. The number of sulfone groups is 1. The van der Waals surface area contributed by atoms with E-state index in [0.29, 0.717) is 48.3 Å². The largest absolute Gasteiger partial charge is 0.312 e. The Kier molecular flexibility index (Phi) is 12.7. The minimum atomic E-state index is -3.25. The molecule has 0 radical (unpaired) electrons. The molecule has 1 amide bonds. The van der Waals surface area contributed by atoms with Crippen molar-refractivity contribution in [3.63, 3.8) is 0 Å². The van der Waals surface area contributed by atoms with Crippen molar-refractivity contribution in [2.24, 2.45) is 11.8 Å². The molecule has 2 fully saturated rings. The highest BCUT2D eigenvalue weighted by Crippen LogP contribution is 2.27. The van der Waals surface area contributed by atoms with Crippen LogP contribution < -0.4 is 4.90 Å². The summed E-state index contributed by atoms with van der Waals surface area (Å²) in [6.45, 7) is 5.89. The predicted molar refractivity (Wildman–Crippen MR) is 172 cm³/mol. The number of benzene rings is 2. The molecule has 0 aromatic heterocycles. The van der Waals surface area contributed by atoms with Crippen LogP contribution in [-0.4, -0.2) is 83.2 Å². The summed E-state index contributed by atoms with van der Waals surface area (Å²) in [4.78, 5) is 18.3. The molecule has 2 saturated heterocycles. The normalized spacial score (nSPS) is 18.0. The van der Waals surface area contributed by atoms with E-state index in [9.17, 15) is 21.6 Å². The van der Waals surface area contributed by atoms with Crippen molar-refractivity contribution in [1.82, 2.24) is 9.21 Å². The van der Waals surface area contributed by atoms with Crippen molar-refractivity contribution >= 4 is 55.5 Å². The van der Waals surface area contributed by atoms with Gasteiger partial charge in [-0.1, -0.05) is 36.7 Å². The van der Waals surface area contributed by atoms with E-state index in [2.05, 4.69) is 4.90 Å². The average molecular weight is 661 g/mol. The van der Waals surface area contributed by atoms with Gasteiger partial charge in [-0.2, -0.15) is 0 Å². The van der Waals surface area contributed by atoms with Gasteiger partial charge in [0.2, 0.25) is 15.9 Å². The summed E-state index contributed by atoms with van der Waals surface area (Å²) >= 11 is 6.26. The van der Waals surface area contributed by atoms with Gasteiger partial charge in [0.05, 0.1) is 16.9 Å². The molecule has 2 aromatic carbocycles. The van der Waals surface area contributed by atoms with E-state index in [0.717, 1.165) is 51.0 Å². The molecular formula is C30H43Cl2N3O5S2. The Bertz CT molecular complexity index is 1390. The monoisotopic (exact) mass is 659 g/mol. The van der Waals surface area contributed by atoms with E-state index in [1.54, 1.807) is 25.1 Å². The first-order valence-corrected chi connectivity index (χ1v) is 18.4. The Hall–Kier alpha value is -1.69. The molecule has 0 aliphatic carbocycles. The lowest BCUT2D eigenvalue weighted by Crippen LogP contribution is -2.45. The number of anilines is 1. The van der Waals surface area contributed by atoms with Crippen LogP contribution in [0.1, 0.15) is 44.6 Å². The van der Waals surface area contributed by atoms with Crippen molar-refractivity contribution in [3.8, 4) is 0 Å². The second-order valence-corrected chi connectivity index (χ2v) is 16.0. The highest BCUT2D eigenvalue weighted by molar-refractivity contribution is 7.91. The molecule has 0 atom stereocenters. The van der Waals surface area contributed by atoms with Crippen LogP contribution in [0.4, 0.5) is 5.69 Å². The van der Waals surface area contributed by atoms with Gasteiger partial charge < -0.3 is 9.80 Å². The number of carbonyl (C=O) groups excluding carboxylic acids is 1. The number of piperidine rings is 2. The summed E-state index contributed by atoms with van der Waals surface area (Å²) in [6.07, 6.45) is 6.22. The lowest BCUT2D eigenvalue weighted by molar-refractivity contribution is -0.123. The molecule has 2 aliphatic rings. The number of likely N-dealkylation sites (tertiary alicyclic amines) is 1. The number of nitrogens with zero attached hydrogens (tertiary/aromatic N) is 3. The van der Waals surface area contributed by atoms with Gasteiger partial charge in [-0.15, -0.1) is 12.4 Å². The van der Waals surface area contributed by atoms with E-state index in [4.69, 9.17) is 11.6 Å². The number of halogens is 2. The lowest BCUT2D eigenvalue weighted by atomic mass is 9.90.